The topological polar surface area (TPSA) is 95.6 Å². The van der Waals surface area contributed by atoms with Gasteiger partial charge in [0.2, 0.25) is 0 Å². The number of sulfone groups is 1. The van der Waals surface area contributed by atoms with E-state index in [1.807, 2.05) is 0 Å². The molecule has 26 heavy (non-hydrogen) atoms. The van der Waals surface area contributed by atoms with Crippen molar-refractivity contribution in [3.63, 3.8) is 0 Å². The van der Waals surface area contributed by atoms with Gasteiger partial charge in [-0.15, -0.1) is 0 Å². The number of amides is 3. The molecule has 0 bridgehead atoms. The van der Waals surface area contributed by atoms with E-state index < -0.39 is 15.7 Å². The summed E-state index contributed by atoms with van der Waals surface area (Å²) in [6, 6.07) is 10.7. The number of anilines is 2. The Hall–Kier alpha value is -2.58. The van der Waals surface area contributed by atoms with Crippen molar-refractivity contribution < 1.29 is 18.0 Å². The van der Waals surface area contributed by atoms with Crippen molar-refractivity contribution in [2.75, 3.05) is 29.6 Å². The maximum absolute atomic E-state index is 12.5. The molecule has 136 valence electrons. The number of hydrogen-bond acceptors (Lipinski definition) is 4. The van der Waals surface area contributed by atoms with Gasteiger partial charge in [-0.3, -0.25) is 9.69 Å². The Morgan fingerprint density at radius 1 is 1.23 bits per heavy atom. The first-order chi connectivity index (χ1) is 12.3. The fourth-order valence-corrected chi connectivity index (χ4v) is 3.90. The van der Waals surface area contributed by atoms with Crippen LogP contribution in [0.3, 0.4) is 0 Å². The predicted octanol–water partition coefficient (Wildman–Crippen LogP) is 2.53. The Balaban J connectivity index is 1.84. The van der Waals surface area contributed by atoms with E-state index in [1.165, 1.54) is 18.2 Å². The first-order valence-corrected chi connectivity index (χ1v) is 9.99. The molecule has 1 saturated heterocycles. The minimum absolute atomic E-state index is 0.0612. The number of benzene rings is 2. The Morgan fingerprint density at radius 3 is 2.65 bits per heavy atom. The third-order valence-electron chi connectivity index (χ3n) is 3.87. The quantitative estimate of drug-likeness (QED) is 0.834. The monoisotopic (exact) mass is 393 g/mol. The number of urea groups is 1. The van der Waals surface area contributed by atoms with Crippen LogP contribution in [0.15, 0.2) is 47.4 Å². The lowest BCUT2D eigenvalue weighted by Gasteiger charge is -2.15. The Morgan fingerprint density at radius 2 is 2.00 bits per heavy atom. The van der Waals surface area contributed by atoms with Crippen molar-refractivity contribution in [2.24, 2.45) is 0 Å². The Bertz CT molecular complexity index is 991. The molecule has 1 aliphatic heterocycles. The van der Waals surface area contributed by atoms with Crippen LogP contribution >= 0.6 is 11.6 Å². The molecule has 3 rings (SSSR count). The number of carbonyl (C=O) groups is 2. The zero-order valence-electron chi connectivity index (χ0n) is 13.8. The molecule has 0 aliphatic carbocycles. The first-order valence-electron chi connectivity index (χ1n) is 7.72. The van der Waals surface area contributed by atoms with E-state index in [2.05, 4.69) is 10.6 Å². The van der Waals surface area contributed by atoms with Gasteiger partial charge >= 0.3 is 6.03 Å². The molecular weight excluding hydrogens is 378 g/mol. The molecule has 7 nitrogen and oxygen atoms in total. The molecule has 0 saturated carbocycles. The third kappa shape index (κ3) is 3.81. The summed E-state index contributed by atoms with van der Waals surface area (Å²) in [6.07, 6.45) is 1.03. The van der Waals surface area contributed by atoms with Gasteiger partial charge in [-0.25, -0.2) is 13.2 Å². The van der Waals surface area contributed by atoms with Crippen LogP contribution in [0.2, 0.25) is 5.02 Å². The largest absolute Gasteiger partial charge is 0.336 e. The number of nitrogens with zero attached hydrogens (tertiary/aromatic N) is 1. The molecular formula is C17H16ClN3O4S. The van der Waals surface area contributed by atoms with E-state index in [4.69, 9.17) is 11.6 Å². The van der Waals surface area contributed by atoms with Gasteiger partial charge in [-0.1, -0.05) is 17.7 Å². The summed E-state index contributed by atoms with van der Waals surface area (Å²) in [5.41, 5.74) is 1.31. The van der Waals surface area contributed by atoms with Gasteiger partial charge in [0.25, 0.3) is 5.91 Å². The lowest BCUT2D eigenvalue weighted by molar-refractivity contribution is 0.102. The average molecular weight is 394 g/mol. The maximum atomic E-state index is 12.5. The van der Waals surface area contributed by atoms with Gasteiger partial charge in [0.05, 0.1) is 9.92 Å². The van der Waals surface area contributed by atoms with Gasteiger partial charge in [0.1, 0.15) is 0 Å². The standard InChI is InChI=1S/C17H16ClN3O4S/c1-26(24,25)15-9-11(5-6-14(15)18)16(22)20-12-3-2-4-13(10-12)21-8-7-19-17(21)23/h2-6,9-10H,7-8H2,1H3,(H,19,23)(H,20,22). The summed E-state index contributed by atoms with van der Waals surface area (Å²) in [5, 5.41) is 5.47. The van der Waals surface area contributed by atoms with Gasteiger partial charge in [0.15, 0.2) is 9.84 Å². The number of carbonyl (C=O) groups excluding carboxylic acids is 2. The van der Waals surface area contributed by atoms with Crippen molar-refractivity contribution in [3.05, 3.63) is 53.1 Å². The molecule has 0 atom stereocenters. The number of hydrogen-bond donors (Lipinski definition) is 2. The van der Waals surface area contributed by atoms with Crippen LogP contribution < -0.4 is 15.5 Å². The van der Waals surface area contributed by atoms with Crippen LogP contribution in [-0.4, -0.2) is 39.7 Å². The van der Waals surface area contributed by atoms with E-state index in [0.29, 0.717) is 24.5 Å². The fourth-order valence-electron chi connectivity index (χ4n) is 2.60. The number of halogens is 1. The number of nitrogens with one attached hydrogen (secondary N) is 2. The van der Waals surface area contributed by atoms with Crippen molar-refractivity contribution in [2.45, 2.75) is 4.90 Å². The van der Waals surface area contributed by atoms with Crippen LogP contribution in [0.5, 0.6) is 0 Å². The molecule has 1 fully saturated rings. The molecule has 1 aliphatic rings. The van der Waals surface area contributed by atoms with Crippen LogP contribution in [-0.2, 0) is 9.84 Å². The third-order valence-corrected chi connectivity index (χ3v) is 5.44. The van der Waals surface area contributed by atoms with E-state index in [0.717, 1.165) is 6.26 Å². The zero-order chi connectivity index (χ0) is 18.9. The SMILES string of the molecule is CS(=O)(=O)c1cc(C(=O)Nc2cccc(N3CCNC3=O)c2)ccc1Cl. The van der Waals surface area contributed by atoms with Crippen LogP contribution in [0.4, 0.5) is 16.2 Å². The van der Waals surface area contributed by atoms with E-state index in [1.54, 1.807) is 29.2 Å². The normalized spacial score (nSPS) is 14.2. The van der Waals surface area contributed by atoms with Crippen LogP contribution in [0.25, 0.3) is 0 Å². The second kappa shape index (κ2) is 6.97. The van der Waals surface area contributed by atoms with Crippen molar-refractivity contribution in [1.82, 2.24) is 5.32 Å². The van der Waals surface area contributed by atoms with Crippen LogP contribution in [0.1, 0.15) is 10.4 Å². The lowest BCUT2D eigenvalue weighted by Crippen LogP contribution is -2.27. The molecule has 3 amide bonds. The molecule has 0 aromatic heterocycles. The average Bonchev–Trinajstić information content (AvgIpc) is 3.00. The minimum atomic E-state index is -3.55. The zero-order valence-corrected chi connectivity index (χ0v) is 15.4. The smallest absolute Gasteiger partial charge is 0.321 e. The maximum Gasteiger partial charge on any atom is 0.321 e. The highest BCUT2D eigenvalue weighted by Crippen LogP contribution is 2.24. The summed E-state index contributed by atoms with van der Waals surface area (Å²) in [7, 11) is -3.55. The van der Waals surface area contributed by atoms with E-state index in [9.17, 15) is 18.0 Å². The Kier molecular flexibility index (Phi) is 4.88. The van der Waals surface area contributed by atoms with Gasteiger partial charge in [0, 0.05) is 36.3 Å². The predicted molar refractivity (Wildman–Crippen MR) is 99.7 cm³/mol. The number of rotatable bonds is 4. The van der Waals surface area contributed by atoms with Crippen molar-refractivity contribution >= 4 is 44.8 Å². The molecule has 0 spiro atoms. The Labute approximate surface area is 155 Å². The van der Waals surface area contributed by atoms with Gasteiger partial charge < -0.3 is 10.6 Å². The summed E-state index contributed by atoms with van der Waals surface area (Å²) < 4.78 is 23.5. The van der Waals surface area contributed by atoms with Gasteiger partial charge in [-0.2, -0.15) is 0 Å². The molecule has 2 aromatic carbocycles. The molecule has 0 unspecified atom stereocenters. The van der Waals surface area contributed by atoms with Gasteiger partial charge in [-0.05, 0) is 36.4 Å². The molecule has 0 radical (unpaired) electrons. The molecule has 2 aromatic rings. The minimum Gasteiger partial charge on any atom is -0.336 e. The summed E-state index contributed by atoms with van der Waals surface area (Å²) >= 11 is 5.90. The highest BCUT2D eigenvalue weighted by Gasteiger charge is 2.21. The second-order valence-corrected chi connectivity index (χ2v) is 8.20. The molecule has 9 heteroatoms. The highest BCUT2D eigenvalue weighted by atomic mass is 35.5. The van der Waals surface area contributed by atoms with Crippen LogP contribution in [0, 0.1) is 0 Å². The van der Waals surface area contributed by atoms with E-state index in [-0.39, 0.29) is 21.5 Å². The first kappa shape index (κ1) is 18.2. The summed E-state index contributed by atoms with van der Waals surface area (Å²) in [5.74, 6) is -0.477. The fraction of sp³-hybridized carbons (Fsp3) is 0.176. The van der Waals surface area contributed by atoms with Crippen molar-refractivity contribution in [1.29, 1.82) is 0 Å². The summed E-state index contributed by atoms with van der Waals surface area (Å²) in [6.45, 7) is 1.11. The van der Waals surface area contributed by atoms with Crippen molar-refractivity contribution in [3.8, 4) is 0 Å². The second-order valence-electron chi connectivity index (χ2n) is 5.81. The highest BCUT2D eigenvalue weighted by molar-refractivity contribution is 7.90. The van der Waals surface area contributed by atoms with E-state index >= 15 is 0 Å². The lowest BCUT2D eigenvalue weighted by atomic mass is 10.2. The molecule has 2 N–H and O–H groups in total. The molecule has 1 heterocycles. The summed E-state index contributed by atoms with van der Waals surface area (Å²) in [4.78, 5) is 25.7.